The van der Waals surface area contributed by atoms with E-state index in [-0.39, 0.29) is 11.9 Å². The Morgan fingerprint density at radius 2 is 1.10 bits per heavy atom. The van der Waals surface area contributed by atoms with E-state index in [0.29, 0.717) is 26.3 Å². The van der Waals surface area contributed by atoms with Crippen molar-refractivity contribution < 1.29 is 19.1 Å². The second-order valence-electron chi connectivity index (χ2n) is 5.24. The number of carbonyl (C=O) groups excluding carboxylic acids is 2. The van der Waals surface area contributed by atoms with E-state index in [1.54, 1.807) is 13.8 Å². The summed E-state index contributed by atoms with van der Waals surface area (Å²) in [6.07, 6.45) is 0. The fourth-order valence-electron chi connectivity index (χ4n) is 2.02. The van der Waals surface area contributed by atoms with Gasteiger partial charge in [-0.25, -0.2) is 0 Å². The predicted molar refractivity (Wildman–Crippen MR) is 77.4 cm³/mol. The lowest BCUT2D eigenvalue weighted by Crippen LogP contribution is -2.43. The molecule has 0 saturated carbocycles. The summed E-state index contributed by atoms with van der Waals surface area (Å²) >= 11 is 0. The molecule has 0 N–H and O–H groups in total. The SMILES string of the molecule is CCOC(=O)C(CN(C)C)C(CN(C)C)C(=O)OCC. The van der Waals surface area contributed by atoms with Gasteiger partial charge in [0, 0.05) is 13.1 Å². The highest BCUT2D eigenvalue weighted by molar-refractivity contribution is 5.82. The highest BCUT2D eigenvalue weighted by Crippen LogP contribution is 2.18. The van der Waals surface area contributed by atoms with E-state index in [1.165, 1.54) is 0 Å². The molecule has 0 bridgehead atoms. The lowest BCUT2D eigenvalue weighted by molar-refractivity contribution is -0.161. The van der Waals surface area contributed by atoms with Gasteiger partial charge in [-0.1, -0.05) is 0 Å². The molecule has 0 aliphatic carbocycles. The normalized spacial score (nSPS) is 14.2. The van der Waals surface area contributed by atoms with Crippen LogP contribution in [-0.2, 0) is 19.1 Å². The first-order chi connectivity index (χ1) is 9.33. The smallest absolute Gasteiger partial charge is 0.311 e. The van der Waals surface area contributed by atoms with Gasteiger partial charge in [0.25, 0.3) is 0 Å². The van der Waals surface area contributed by atoms with Crippen LogP contribution in [0.15, 0.2) is 0 Å². The maximum absolute atomic E-state index is 12.1. The van der Waals surface area contributed by atoms with Crippen LogP contribution in [0.5, 0.6) is 0 Å². The molecule has 0 saturated heterocycles. The first kappa shape index (κ1) is 18.9. The zero-order valence-electron chi connectivity index (χ0n) is 13.5. The fourth-order valence-corrected chi connectivity index (χ4v) is 2.02. The molecule has 0 fully saturated rings. The number of hydrogen-bond acceptors (Lipinski definition) is 6. The summed E-state index contributed by atoms with van der Waals surface area (Å²) in [5.41, 5.74) is 0. The molecule has 0 aliphatic heterocycles. The lowest BCUT2D eigenvalue weighted by atomic mass is 9.91. The second-order valence-corrected chi connectivity index (χ2v) is 5.24. The van der Waals surface area contributed by atoms with E-state index in [9.17, 15) is 9.59 Å². The van der Waals surface area contributed by atoms with Crippen molar-refractivity contribution in [1.82, 2.24) is 9.80 Å². The Kier molecular flexibility index (Phi) is 9.16. The molecule has 6 nitrogen and oxygen atoms in total. The van der Waals surface area contributed by atoms with E-state index in [1.807, 2.05) is 38.0 Å². The summed E-state index contributed by atoms with van der Waals surface area (Å²) in [5.74, 6) is -1.74. The molecule has 2 atom stereocenters. The second kappa shape index (κ2) is 9.72. The molecule has 0 aromatic rings. The molecule has 0 heterocycles. The maximum atomic E-state index is 12.1. The van der Waals surface area contributed by atoms with Crippen LogP contribution in [0.3, 0.4) is 0 Å². The highest BCUT2D eigenvalue weighted by Gasteiger charge is 2.36. The molecular weight excluding hydrogens is 260 g/mol. The number of rotatable bonds is 9. The van der Waals surface area contributed by atoms with E-state index < -0.39 is 11.8 Å². The van der Waals surface area contributed by atoms with Crippen molar-refractivity contribution in [3.05, 3.63) is 0 Å². The van der Waals surface area contributed by atoms with Crippen LogP contribution in [0.2, 0.25) is 0 Å². The Labute approximate surface area is 122 Å². The number of carbonyl (C=O) groups is 2. The topological polar surface area (TPSA) is 59.1 Å². The van der Waals surface area contributed by atoms with Crippen molar-refractivity contribution in [2.24, 2.45) is 11.8 Å². The van der Waals surface area contributed by atoms with Crippen molar-refractivity contribution in [3.8, 4) is 0 Å². The average molecular weight is 288 g/mol. The molecule has 0 aromatic carbocycles. The van der Waals surface area contributed by atoms with E-state index in [4.69, 9.17) is 9.47 Å². The van der Waals surface area contributed by atoms with Gasteiger partial charge in [-0.3, -0.25) is 9.59 Å². The third-order valence-corrected chi connectivity index (χ3v) is 2.79. The van der Waals surface area contributed by atoms with Crippen LogP contribution in [0.4, 0.5) is 0 Å². The van der Waals surface area contributed by atoms with E-state index in [2.05, 4.69) is 0 Å². The molecule has 0 amide bonds. The van der Waals surface area contributed by atoms with Crippen LogP contribution in [0, 0.1) is 11.8 Å². The number of hydrogen-bond donors (Lipinski definition) is 0. The van der Waals surface area contributed by atoms with Gasteiger partial charge < -0.3 is 19.3 Å². The number of esters is 2. The molecule has 0 aromatic heterocycles. The van der Waals surface area contributed by atoms with Crippen molar-refractivity contribution in [1.29, 1.82) is 0 Å². The molecule has 118 valence electrons. The molecular formula is C14H28N2O4. The Bertz CT molecular complexity index is 276. The van der Waals surface area contributed by atoms with Gasteiger partial charge in [0.2, 0.25) is 0 Å². The van der Waals surface area contributed by atoms with E-state index in [0.717, 1.165) is 0 Å². The predicted octanol–water partition coefficient (Wildman–Crippen LogP) is 0.468. The van der Waals surface area contributed by atoms with Crippen LogP contribution < -0.4 is 0 Å². The van der Waals surface area contributed by atoms with Crippen molar-refractivity contribution >= 4 is 11.9 Å². The number of nitrogens with zero attached hydrogens (tertiary/aromatic N) is 2. The van der Waals surface area contributed by atoms with Gasteiger partial charge in [-0.15, -0.1) is 0 Å². The quantitative estimate of drug-likeness (QED) is 0.575. The largest absolute Gasteiger partial charge is 0.466 e. The molecule has 0 spiro atoms. The van der Waals surface area contributed by atoms with Gasteiger partial charge in [-0.2, -0.15) is 0 Å². The van der Waals surface area contributed by atoms with Crippen molar-refractivity contribution in [2.75, 3.05) is 54.5 Å². The van der Waals surface area contributed by atoms with E-state index >= 15 is 0 Å². The maximum Gasteiger partial charge on any atom is 0.311 e. The Hall–Kier alpha value is -1.14. The first-order valence-electron chi connectivity index (χ1n) is 6.96. The third kappa shape index (κ3) is 6.86. The summed E-state index contributed by atoms with van der Waals surface area (Å²) in [6, 6.07) is 0. The van der Waals surface area contributed by atoms with Gasteiger partial charge in [0.15, 0.2) is 0 Å². The van der Waals surface area contributed by atoms with Gasteiger partial charge in [0.05, 0.1) is 25.0 Å². The molecule has 0 aliphatic rings. The van der Waals surface area contributed by atoms with Gasteiger partial charge >= 0.3 is 11.9 Å². The van der Waals surface area contributed by atoms with Crippen molar-refractivity contribution in [2.45, 2.75) is 13.8 Å². The summed E-state index contributed by atoms with van der Waals surface area (Å²) in [6.45, 7) is 5.04. The van der Waals surface area contributed by atoms with Crippen LogP contribution in [0.1, 0.15) is 13.8 Å². The van der Waals surface area contributed by atoms with Crippen molar-refractivity contribution in [3.63, 3.8) is 0 Å². The average Bonchev–Trinajstić information content (AvgIpc) is 2.33. The first-order valence-corrected chi connectivity index (χ1v) is 6.96. The Balaban J connectivity index is 5.14. The molecule has 20 heavy (non-hydrogen) atoms. The zero-order chi connectivity index (χ0) is 15.7. The Morgan fingerprint density at radius 3 is 1.30 bits per heavy atom. The monoisotopic (exact) mass is 288 g/mol. The molecule has 0 radical (unpaired) electrons. The van der Waals surface area contributed by atoms with Crippen LogP contribution >= 0.6 is 0 Å². The van der Waals surface area contributed by atoms with Crippen LogP contribution in [-0.4, -0.2) is 76.2 Å². The summed E-state index contributed by atoms with van der Waals surface area (Å²) in [5, 5.41) is 0. The molecule has 0 rings (SSSR count). The molecule has 2 unspecified atom stereocenters. The summed E-state index contributed by atoms with van der Waals surface area (Å²) in [7, 11) is 7.46. The minimum atomic E-state index is -0.522. The minimum absolute atomic E-state index is 0.306. The minimum Gasteiger partial charge on any atom is -0.466 e. The van der Waals surface area contributed by atoms with Gasteiger partial charge in [-0.05, 0) is 42.0 Å². The van der Waals surface area contributed by atoms with Crippen LogP contribution in [0.25, 0.3) is 0 Å². The zero-order valence-corrected chi connectivity index (χ0v) is 13.5. The molecule has 6 heteroatoms. The lowest BCUT2D eigenvalue weighted by Gasteiger charge is -2.28. The summed E-state index contributed by atoms with van der Waals surface area (Å²) < 4.78 is 10.2. The fraction of sp³-hybridized carbons (Fsp3) is 0.857. The highest BCUT2D eigenvalue weighted by atomic mass is 16.5. The summed E-state index contributed by atoms with van der Waals surface area (Å²) in [4.78, 5) is 28.0. The third-order valence-electron chi connectivity index (χ3n) is 2.79. The standard InChI is InChI=1S/C14H28N2O4/c1-7-19-13(17)11(9-15(3)4)12(10-16(5)6)14(18)20-8-2/h11-12H,7-10H2,1-6H3. The Morgan fingerprint density at radius 1 is 0.800 bits per heavy atom. The van der Waals surface area contributed by atoms with Gasteiger partial charge in [0.1, 0.15) is 0 Å². The number of ether oxygens (including phenoxy) is 2.